The first-order valence-electron chi connectivity index (χ1n) is 8.23. The Balaban J connectivity index is 2.12. The van der Waals surface area contributed by atoms with E-state index in [4.69, 9.17) is 10.5 Å². The summed E-state index contributed by atoms with van der Waals surface area (Å²) in [6, 6.07) is 8.56. The van der Waals surface area contributed by atoms with Gasteiger partial charge in [-0.2, -0.15) is 0 Å². The van der Waals surface area contributed by atoms with Gasteiger partial charge in [0.2, 0.25) is 0 Å². The molecule has 1 aromatic rings. The summed E-state index contributed by atoms with van der Waals surface area (Å²) in [6.07, 6.45) is 2.09. The Morgan fingerprint density at radius 1 is 1.29 bits per heavy atom. The lowest BCUT2D eigenvalue weighted by atomic mass is 9.81. The highest BCUT2D eigenvalue weighted by Gasteiger charge is 2.34. The Labute approximate surface area is 129 Å². The van der Waals surface area contributed by atoms with Crippen LogP contribution in [-0.2, 0) is 0 Å². The number of hydrogen-bond acceptors (Lipinski definition) is 3. The number of nitrogens with zero attached hydrogens (tertiary/aromatic N) is 1. The highest BCUT2D eigenvalue weighted by Crippen LogP contribution is 2.37. The fourth-order valence-electron chi connectivity index (χ4n) is 3.53. The molecule has 0 saturated heterocycles. The summed E-state index contributed by atoms with van der Waals surface area (Å²) in [5, 5.41) is 0. The summed E-state index contributed by atoms with van der Waals surface area (Å²) in [7, 11) is 0. The molecular weight excluding hydrogens is 260 g/mol. The van der Waals surface area contributed by atoms with Gasteiger partial charge in [0.25, 0.3) is 0 Å². The second kappa shape index (κ2) is 6.80. The third-order valence-corrected chi connectivity index (χ3v) is 5.11. The monoisotopic (exact) mass is 290 g/mol. The standard InChI is InChI=1S/C18H30N2O/c1-5-20(6-2)18(3,4)17(19)13-14-11-12-21-16-10-8-7-9-15(14)16/h7-10,14,17H,5-6,11-13,19H2,1-4H3. The molecule has 0 saturated carbocycles. The van der Waals surface area contributed by atoms with Gasteiger partial charge in [-0.05, 0) is 57.3 Å². The Hall–Kier alpha value is -1.06. The number of hydrogen-bond donors (Lipinski definition) is 1. The van der Waals surface area contributed by atoms with Crippen LogP contribution in [0.5, 0.6) is 5.75 Å². The van der Waals surface area contributed by atoms with Crippen LogP contribution in [0.1, 0.15) is 52.0 Å². The summed E-state index contributed by atoms with van der Waals surface area (Å²) in [5.74, 6) is 1.56. The number of fused-ring (bicyclic) bond motifs is 1. The van der Waals surface area contributed by atoms with E-state index in [1.165, 1.54) is 5.56 Å². The molecule has 2 atom stereocenters. The van der Waals surface area contributed by atoms with Crippen LogP contribution in [0.25, 0.3) is 0 Å². The van der Waals surface area contributed by atoms with Crippen LogP contribution >= 0.6 is 0 Å². The van der Waals surface area contributed by atoms with Crippen molar-refractivity contribution in [2.75, 3.05) is 19.7 Å². The lowest BCUT2D eigenvalue weighted by Crippen LogP contribution is -2.56. The van der Waals surface area contributed by atoms with Crippen molar-refractivity contribution < 1.29 is 4.74 Å². The lowest BCUT2D eigenvalue weighted by Gasteiger charge is -2.43. The first-order chi connectivity index (χ1) is 10.0. The summed E-state index contributed by atoms with van der Waals surface area (Å²) in [5.41, 5.74) is 7.96. The van der Waals surface area contributed by atoms with E-state index in [9.17, 15) is 0 Å². The van der Waals surface area contributed by atoms with Gasteiger partial charge in [0, 0.05) is 11.6 Å². The molecular formula is C18H30N2O. The molecule has 0 spiro atoms. The van der Waals surface area contributed by atoms with Gasteiger partial charge in [-0.15, -0.1) is 0 Å². The van der Waals surface area contributed by atoms with Crippen molar-refractivity contribution in [3.63, 3.8) is 0 Å². The molecule has 3 heteroatoms. The van der Waals surface area contributed by atoms with E-state index in [-0.39, 0.29) is 11.6 Å². The molecule has 0 aromatic heterocycles. The number of para-hydroxylation sites is 1. The fourth-order valence-corrected chi connectivity index (χ4v) is 3.53. The molecule has 0 bridgehead atoms. The molecule has 0 amide bonds. The van der Waals surface area contributed by atoms with Crippen molar-refractivity contribution in [3.8, 4) is 5.75 Å². The fraction of sp³-hybridized carbons (Fsp3) is 0.667. The predicted molar refractivity (Wildman–Crippen MR) is 88.9 cm³/mol. The van der Waals surface area contributed by atoms with Crippen LogP contribution in [0.4, 0.5) is 0 Å². The van der Waals surface area contributed by atoms with E-state index in [1.807, 2.05) is 6.07 Å². The van der Waals surface area contributed by atoms with E-state index >= 15 is 0 Å². The van der Waals surface area contributed by atoms with E-state index in [0.717, 1.165) is 38.3 Å². The van der Waals surface area contributed by atoms with Gasteiger partial charge in [-0.25, -0.2) is 0 Å². The quantitative estimate of drug-likeness (QED) is 0.873. The third kappa shape index (κ3) is 3.41. The zero-order valence-electron chi connectivity index (χ0n) is 13.9. The van der Waals surface area contributed by atoms with Crippen LogP contribution in [-0.4, -0.2) is 36.2 Å². The zero-order valence-corrected chi connectivity index (χ0v) is 13.9. The maximum Gasteiger partial charge on any atom is 0.122 e. The topological polar surface area (TPSA) is 38.5 Å². The molecule has 1 aliphatic heterocycles. The van der Waals surface area contributed by atoms with Crippen molar-refractivity contribution in [1.82, 2.24) is 4.90 Å². The Morgan fingerprint density at radius 3 is 2.62 bits per heavy atom. The number of ether oxygens (including phenoxy) is 1. The van der Waals surface area contributed by atoms with Crippen molar-refractivity contribution in [3.05, 3.63) is 29.8 Å². The Kier molecular flexibility index (Phi) is 5.28. The number of benzene rings is 1. The number of likely N-dealkylation sites (N-methyl/N-ethyl adjacent to an activating group) is 1. The Morgan fingerprint density at radius 2 is 1.95 bits per heavy atom. The minimum Gasteiger partial charge on any atom is -0.493 e. The van der Waals surface area contributed by atoms with Crippen molar-refractivity contribution in [2.24, 2.45) is 5.73 Å². The van der Waals surface area contributed by atoms with Crippen molar-refractivity contribution in [2.45, 2.75) is 58.0 Å². The van der Waals surface area contributed by atoms with E-state index in [1.54, 1.807) is 0 Å². The normalized spacial score (nSPS) is 20.0. The molecule has 1 heterocycles. The third-order valence-electron chi connectivity index (χ3n) is 5.11. The molecule has 0 aliphatic carbocycles. The van der Waals surface area contributed by atoms with Gasteiger partial charge >= 0.3 is 0 Å². The van der Waals surface area contributed by atoms with Crippen molar-refractivity contribution >= 4 is 0 Å². The minimum absolute atomic E-state index is 0.0246. The molecule has 3 nitrogen and oxygen atoms in total. The second-order valence-electron chi connectivity index (χ2n) is 6.54. The van der Waals surface area contributed by atoms with E-state index in [0.29, 0.717) is 5.92 Å². The first-order valence-corrected chi connectivity index (χ1v) is 8.23. The Bertz CT molecular complexity index is 454. The molecule has 1 aromatic carbocycles. The molecule has 1 aliphatic rings. The highest BCUT2D eigenvalue weighted by molar-refractivity contribution is 5.37. The molecule has 2 unspecified atom stereocenters. The summed E-state index contributed by atoms with van der Waals surface area (Å²) < 4.78 is 5.76. The smallest absolute Gasteiger partial charge is 0.122 e. The average molecular weight is 290 g/mol. The van der Waals surface area contributed by atoms with Gasteiger partial charge in [0.15, 0.2) is 0 Å². The average Bonchev–Trinajstić information content (AvgIpc) is 2.48. The maximum atomic E-state index is 6.61. The van der Waals surface area contributed by atoms with Crippen LogP contribution in [0.2, 0.25) is 0 Å². The van der Waals surface area contributed by atoms with Crippen molar-refractivity contribution in [1.29, 1.82) is 0 Å². The van der Waals surface area contributed by atoms with Gasteiger partial charge in [0.05, 0.1) is 6.61 Å². The van der Waals surface area contributed by atoms with Crippen LogP contribution in [0.15, 0.2) is 24.3 Å². The van der Waals surface area contributed by atoms with Gasteiger partial charge in [-0.3, -0.25) is 4.90 Å². The SMILES string of the molecule is CCN(CC)C(C)(C)C(N)CC1CCOc2ccccc21. The molecule has 21 heavy (non-hydrogen) atoms. The molecule has 2 N–H and O–H groups in total. The molecule has 2 rings (SSSR count). The van der Waals surface area contributed by atoms with Gasteiger partial charge in [-0.1, -0.05) is 32.0 Å². The molecule has 118 valence electrons. The second-order valence-corrected chi connectivity index (χ2v) is 6.54. The maximum absolute atomic E-state index is 6.61. The lowest BCUT2D eigenvalue weighted by molar-refractivity contribution is 0.0975. The van der Waals surface area contributed by atoms with Crippen LogP contribution in [0, 0.1) is 0 Å². The van der Waals surface area contributed by atoms with Crippen LogP contribution in [0.3, 0.4) is 0 Å². The zero-order chi connectivity index (χ0) is 15.5. The first kappa shape index (κ1) is 16.3. The summed E-state index contributed by atoms with van der Waals surface area (Å²) in [4.78, 5) is 2.46. The highest BCUT2D eigenvalue weighted by atomic mass is 16.5. The number of nitrogens with two attached hydrogens (primary N) is 1. The molecule has 0 radical (unpaired) electrons. The van der Waals surface area contributed by atoms with Gasteiger partial charge < -0.3 is 10.5 Å². The minimum atomic E-state index is 0.0246. The van der Waals surface area contributed by atoms with Crippen LogP contribution < -0.4 is 10.5 Å². The largest absolute Gasteiger partial charge is 0.493 e. The van der Waals surface area contributed by atoms with E-state index in [2.05, 4.69) is 50.8 Å². The summed E-state index contributed by atoms with van der Waals surface area (Å²) in [6.45, 7) is 11.9. The molecule has 0 fully saturated rings. The number of rotatable bonds is 6. The van der Waals surface area contributed by atoms with Gasteiger partial charge in [0.1, 0.15) is 5.75 Å². The predicted octanol–water partition coefficient (Wildman–Crippen LogP) is 3.39. The van der Waals surface area contributed by atoms with E-state index < -0.39 is 0 Å². The summed E-state index contributed by atoms with van der Waals surface area (Å²) >= 11 is 0.